The molecule has 0 fully saturated rings. The van der Waals surface area contributed by atoms with E-state index in [1.807, 2.05) is 30.6 Å². The maximum atomic E-state index is 4.51. The Morgan fingerprint density at radius 2 is 2.16 bits per heavy atom. The van der Waals surface area contributed by atoms with Gasteiger partial charge >= 0.3 is 0 Å². The third-order valence-electron chi connectivity index (χ3n) is 3.15. The molecule has 2 N–H and O–H groups in total. The first-order valence-corrected chi connectivity index (χ1v) is 6.46. The Balaban J connectivity index is 2.05. The van der Waals surface area contributed by atoms with E-state index in [1.165, 1.54) is 0 Å². The fraction of sp³-hybridized carbons (Fsp3) is 0.200. The van der Waals surface area contributed by atoms with Crippen molar-refractivity contribution in [3.8, 4) is 0 Å². The summed E-state index contributed by atoms with van der Waals surface area (Å²) in [6.45, 7) is 2.96. The molecule has 1 aromatic carbocycles. The standard InChI is InChI=1S/C15H16N4/c1-2-16-14(15-17-7-8-18-15)12-9-11-5-3-4-6-13(11)19-10-12/h3-10,14,16H,2H2,1H3,(H,17,18). The molecule has 0 spiro atoms. The molecular weight excluding hydrogens is 236 g/mol. The number of fused-ring (bicyclic) bond motifs is 1. The van der Waals surface area contributed by atoms with Crippen LogP contribution in [0.5, 0.6) is 0 Å². The van der Waals surface area contributed by atoms with E-state index in [-0.39, 0.29) is 6.04 Å². The molecule has 0 aliphatic rings. The second-order valence-corrected chi connectivity index (χ2v) is 4.43. The molecule has 0 saturated carbocycles. The number of pyridine rings is 1. The summed E-state index contributed by atoms with van der Waals surface area (Å²) in [4.78, 5) is 12.0. The lowest BCUT2D eigenvalue weighted by Crippen LogP contribution is -2.23. The number of nitrogens with zero attached hydrogens (tertiary/aromatic N) is 2. The van der Waals surface area contributed by atoms with Gasteiger partial charge in [-0.05, 0) is 24.2 Å². The Hall–Kier alpha value is -2.20. The predicted molar refractivity (Wildman–Crippen MR) is 75.9 cm³/mol. The van der Waals surface area contributed by atoms with Gasteiger partial charge in [0.25, 0.3) is 0 Å². The Morgan fingerprint density at radius 1 is 1.26 bits per heavy atom. The van der Waals surface area contributed by atoms with E-state index in [9.17, 15) is 0 Å². The molecule has 1 unspecified atom stereocenters. The van der Waals surface area contributed by atoms with Crippen molar-refractivity contribution in [2.24, 2.45) is 0 Å². The molecule has 0 amide bonds. The van der Waals surface area contributed by atoms with Gasteiger partial charge in [-0.15, -0.1) is 0 Å². The minimum atomic E-state index is 0.0529. The zero-order valence-corrected chi connectivity index (χ0v) is 10.8. The van der Waals surface area contributed by atoms with E-state index in [1.54, 1.807) is 6.20 Å². The van der Waals surface area contributed by atoms with Crippen LogP contribution in [-0.4, -0.2) is 21.5 Å². The van der Waals surface area contributed by atoms with Crippen LogP contribution in [0.2, 0.25) is 0 Å². The van der Waals surface area contributed by atoms with Gasteiger partial charge < -0.3 is 10.3 Å². The molecule has 0 saturated heterocycles. The zero-order chi connectivity index (χ0) is 13.1. The number of rotatable bonds is 4. The van der Waals surface area contributed by atoms with Gasteiger partial charge in [0, 0.05) is 24.0 Å². The minimum Gasteiger partial charge on any atom is -0.347 e. The topological polar surface area (TPSA) is 53.6 Å². The minimum absolute atomic E-state index is 0.0529. The SMILES string of the molecule is CCNC(c1cnc2ccccc2c1)c1ncc[nH]1. The van der Waals surface area contributed by atoms with Crippen LogP contribution in [0, 0.1) is 0 Å². The average Bonchev–Trinajstić information content (AvgIpc) is 2.98. The average molecular weight is 252 g/mol. The lowest BCUT2D eigenvalue weighted by atomic mass is 10.1. The van der Waals surface area contributed by atoms with E-state index >= 15 is 0 Å². The third kappa shape index (κ3) is 2.35. The number of H-pyrrole nitrogens is 1. The fourth-order valence-corrected chi connectivity index (χ4v) is 2.26. The highest BCUT2D eigenvalue weighted by molar-refractivity contribution is 5.78. The number of benzene rings is 1. The summed E-state index contributed by atoms with van der Waals surface area (Å²) >= 11 is 0. The first-order chi connectivity index (χ1) is 9.38. The number of hydrogen-bond acceptors (Lipinski definition) is 3. The van der Waals surface area contributed by atoms with Gasteiger partial charge in [-0.1, -0.05) is 25.1 Å². The van der Waals surface area contributed by atoms with Gasteiger partial charge in [-0.2, -0.15) is 0 Å². The highest BCUT2D eigenvalue weighted by Crippen LogP contribution is 2.21. The summed E-state index contributed by atoms with van der Waals surface area (Å²) in [5, 5.41) is 4.58. The summed E-state index contributed by atoms with van der Waals surface area (Å²) in [7, 11) is 0. The van der Waals surface area contributed by atoms with Crippen molar-refractivity contribution >= 4 is 10.9 Å². The van der Waals surface area contributed by atoms with Crippen molar-refractivity contribution in [1.29, 1.82) is 0 Å². The first-order valence-electron chi connectivity index (χ1n) is 6.46. The number of imidazole rings is 1. The van der Waals surface area contributed by atoms with Crippen LogP contribution >= 0.6 is 0 Å². The molecule has 3 rings (SSSR count). The smallest absolute Gasteiger partial charge is 0.127 e. The van der Waals surface area contributed by atoms with Gasteiger partial charge in [-0.25, -0.2) is 4.98 Å². The number of aromatic amines is 1. The fourth-order valence-electron chi connectivity index (χ4n) is 2.26. The molecule has 1 atom stereocenters. The van der Waals surface area contributed by atoms with Crippen LogP contribution in [0.25, 0.3) is 10.9 Å². The van der Waals surface area contributed by atoms with E-state index in [0.717, 1.165) is 28.8 Å². The third-order valence-corrected chi connectivity index (χ3v) is 3.15. The maximum Gasteiger partial charge on any atom is 0.127 e. The predicted octanol–water partition coefficient (Wildman–Crippen LogP) is 2.66. The lowest BCUT2D eigenvalue weighted by Gasteiger charge is -2.16. The van der Waals surface area contributed by atoms with E-state index in [0.29, 0.717) is 0 Å². The second-order valence-electron chi connectivity index (χ2n) is 4.43. The highest BCUT2D eigenvalue weighted by atomic mass is 15.0. The quantitative estimate of drug-likeness (QED) is 0.750. The number of para-hydroxylation sites is 1. The monoisotopic (exact) mass is 252 g/mol. The largest absolute Gasteiger partial charge is 0.347 e. The molecule has 0 bridgehead atoms. The van der Waals surface area contributed by atoms with Crippen LogP contribution < -0.4 is 5.32 Å². The molecule has 4 nitrogen and oxygen atoms in total. The maximum absolute atomic E-state index is 4.51. The summed E-state index contributed by atoms with van der Waals surface area (Å²) in [6.07, 6.45) is 5.53. The summed E-state index contributed by atoms with van der Waals surface area (Å²) in [6, 6.07) is 10.4. The number of nitrogens with one attached hydrogen (secondary N) is 2. The van der Waals surface area contributed by atoms with Crippen molar-refractivity contribution in [2.45, 2.75) is 13.0 Å². The number of hydrogen-bond donors (Lipinski definition) is 2. The van der Waals surface area contributed by atoms with Crippen LogP contribution in [0.1, 0.15) is 24.4 Å². The lowest BCUT2D eigenvalue weighted by molar-refractivity contribution is 0.602. The Bertz CT molecular complexity index is 661. The molecule has 0 aliphatic heterocycles. The molecule has 0 aliphatic carbocycles. The molecule has 19 heavy (non-hydrogen) atoms. The summed E-state index contributed by atoms with van der Waals surface area (Å²) < 4.78 is 0. The molecular formula is C15H16N4. The van der Waals surface area contributed by atoms with Gasteiger partial charge in [0.15, 0.2) is 0 Å². The van der Waals surface area contributed by atoms with Gasteiger partial charge in [-0.3, -0.25) is 4.98 Å². The molecule has 2 heterocycles. The van der Waals surface area contributed by atoms with Crippen molar-refractivity contribution in [3.63, 3.8) is 0 Å². The molecule has 0 radical (unpaired) electrons. The van der Waals surface area contributed by atoms with Crippen molar-refractivity contribution in [3.05, 3.63) is 60.3 Å². The van der Waals surface area contributed by atoms with Gasteiger partial charge in [0.05, 0.1) is 11.6 Å². The zero-order valence-electron chi connectivity index (χ0n) is 10.8. The van der Waals surface area contributed by atoms with Crippen LogP contribution in [-0.2, 0) is 0 Å². The molecule has 4 heteroatoms. The van der Waals surface area contributed by atoms with Crippen molar-refractivity contribution in [2.75, 3.05) is 6.54 Å². The summed E-state index contributed by atoms with van der Waals surface area (Å²) in [5.74, 6) is 0.916. The van der Waals surface area contributed by atoms with Crippen LogP contribution in [0.15, 0.2) is 48.9 Å². The Morgan fingerprint density at radius 3 is 2.95 bits per heavy atom. The normalized spacial score (nSPS) is 12.7. The van der Waals surface area contributed by atoms with Gasteiger partial charge in [0.1, 0.15) is 5.82 Å². The van der Waals surface area contributed by atoms with E-state index in [2.05, 4.69) is 39.3 Å². The van der Waals surface area contributed by atoms with Crippen molar-refractivity contribution in [1.82, 2.24) is 20.3 Å². The second kappa shape index (κ2) is 5.20. The Labute approximate surface area is 111 Å². The molecule has 96 valence electrons. The molecule has 2 aromatic heterocycles. The summed E-state index contributed by atoms with van der Waals surface area (Å²) in [5.41, 5.74) is 2.14. The number of aromatic nitrogens is 3. The highest BCUT2D eigenvalue weighted by Gasteiger charge is 2.15. The van der Waals surface area contributed by atoms with E-state index < -0.39 is 0 Å². The van der Waals surface area contributed by atoms with Gasteiger partial charge in [0.2, 0.25) is 0 Å². The Kier molecular flexibility index (Phi) is 3.25. The van der Waals surface area contributed by atoms with Crippen LogP contribution in [0.4, 0.5) is 0 Å². The van der Waals surface area contributed by atoms with Crippen molar-refractivity contribution < 1.29 is 0 Å². The first kappa shape index (κ1) is 11.9. The molecule has 3 aromatic rings. The van der Waals surface area contributed by atoms with Crippen LogP contribution in [0.3, 0.4) is 0 Å². The van der Waals surface area contributed by atoms with E-state index in [4.69, 9.17) is 0 Å².